The van der Waals surface area contributed by atoms with E-state index in [2.05, 4.69) is 10.3 Å². The molecule has 2 aromatic carbocycles. The first kappa shape index (κ1) is 13.4. The molecule has 106 valence electrons. The fourth-order valence-electron chi connectivity index (χ4n) is 2.23. The predicted octanol–water partition coefficient (Wildman–Crippen LogP) is 4.37. The lowest BCUT2D eigenvalue weighted by Crippen LogP contribution is -2.03. The molecule has 1 N–H and O–H groups in total. The highest BCUT2D eigenvalue weighted by atomic mass is 19.1. The molecule has 0 aliphatic carbocycles. The summed E-state index contributed by atoms with van der Waals surface area (Å²) in [6.07, 6.45) is 1.82. The van der Waals surface area contributed by atoms with E-state index in [1.807, 2.05) is 56.4 Å². The van der Waals surface area contributed by atoms with E-state index in [0.29, 0.717) is 11.6 Å². The van der Waals surface area contributed by atoms with E-state index in [0.717, 1.165) is 16.9 Å². The summed E-state index contributed by atoms with van der Waals surface area (Å²) < 4.78 is 15.9. The van der Waals surface area contributed by atoms with Crippen molar-refractivity contribution in [3.8, 4) is 5.69 Å². The minimum absolute atomic E-state index is 0.261. The summed E-state index contributed by atoms with van der Waals surface area (Å²) in [6, 6.07) is 14.9. The van der Waals surface area contributed by atoms with E-state index in [-0.39, 0.29) is 5.82 Å². The lowest BCUT2D eigenvalue weighted by Gasteiger charge is -2.11. The van der Waals surface area contributed by atoms with Crippen molar-refractivity contribution in [2.75, 3.05) is 5.32 Å². The third-order valence-corrected chi connectivity index (χ3v) is 3.22. The summed E-state index contributed by atoms with van der Waals surface area (Å²) in [5.41, 5.74) is 3.12. The van der Waals surface area contributed by atoms with E-state index in [4.69, 9.17) is 0 Å². The van der Waals surface area contributed by atoms with E-state index in [1.165, 1.54) is 6.07 Å². The topological polar surface area (TPSA) is 29.9 Å². The average Bonchev–Trinajstić information content (AvgIpc) is 2.80. The molecule has 0 atom stereocenters. The van der Waals surface area contributed by atoms with Crippen molar-refractivity contribution < 1.29 is 4.39 Å². The zero-order valence-electron chi connectivity index (χ0n) is 12.0. The van der Waals surface area contributed by atoms with Gasteiger partial charge < -0.3 is 5.32 Å². The van der Waals surface area contributed by atoms with E-state index < -0.39 is 0 Å². The Balaban J connectivity index is 2.03. The molecule has 0 radical (unpaired) electrons. The highest BCUT2D eigenvalue weighted by Crippen LogP contribution is 2.23. The van der Waals surface area contributed by atoms with Crippen LogP contribution in [0.5, 0.6) is 0 Å². The van der Waals surface area contributed by atoms with Crippen molar-refractivity contribution in [2.45, 2.75) is 13.8 Å². The molecule has 1 heterocycles. The lowest BCUT2D eigenvalue weighted by atomic mass is 10.2. The number of aryl methyl sites for hydroxylation is 2. The van der Waals surface area contributed by atoms with Gasteiger partial charge >= 0.3 is 0 Å². The van der Waals surface area contributed by atoms with Crippen LogP contribution in [0.2, 0.25) is 0 Å². The highest BCUT2D eigenvalue weighted by Gasteiger charge is 2.11. The molecule has 0 amide bonds. The second kappa shape index (κ2) is 5.40. The number of benzene rings is 2. The quantitative estimate of drug-likeness (QED) is 0.772. The first-order chi connectivity index (χ1) is 10.1. The highest BCUT2D eigenvalue weighted by molar-refractivity contribution is 5.56. The van der Waals surface area contributed by atoms with Gasteiger partial charge in [-0.1, -0.05) is 24.3 Å². The van der Waals surface area contributed by atoms with Gasteiger partial charge in [-0.3, -0.25) is 4.57 Å². The summed E-state index contributed by atoms with van der Waals surface area (Å²) in [6.45, 7) is 3.76. The Hall–Kier alpha value is -2.62. The van der Waals surface area contributed by atoms with Gasteiger partial charge in [-0.25, -0.2) is 9.37 Å². The molecule has 0 aliphatic heterocycles. The molecule has 4 heteroatoms. The zero-order chi connectivity index (χ0) is 14.8. The summed E-state index contributed by atoms with van der Waals surface area (Å²) in [7, 11) is 0. The Morgan fingerprint density at radius 2 is 1.81 bits per heavy atom. The zero-order valence-corrected chi connectivity index (χ0v) is 12.0. The number of nitrogens with zero attached hydrogens (tertiary/aromatic N) is 2. The van der Waals surface area contributed by atoms with Crippen molar-refractivity contribution in [1.82, 2.24) is 9.55 Å². The SMILES string of the molecule is Cc1ccc(-n2cc(C)nc2Nc2ccccc2)c(F)c1. The Kier molecular flexibility index (Phi) is 3.44. The van der Waals surface area contributed by atoms with Crippen molar-refractivity contribution in [2.24, 2.45) is 0 Å². The van der Waals surface area contributed by atoms with E-state index >= 15 is 0 Å². The molecule has 3 rings (SSSR count). The molecule has 0 unspecified atom stereocenters. The molecular formula is C17H16FN3. The van der Waals surface area contributed by atoms with Gasteiger partial charge in [-0.15, -0.1) is 0 Å². The van der Waals surface area contributed by atoms with Crippen LogP contribution >= 0.6 is 0 Å². The van der Waals surface area contributed by atoms with Crippen molar-refractivity contribution in [3.05, 3.63) is 71.8 Å². The Bertz CT molecular complexity index is 763. The summed E-state index contributed by atoms with van der Waals surface area (Å²) in [5, 5.41) is 3.22. The van der Waals surface area contributed by atoms with Gasteiger partial charge in [0, 0.05) is 11.9 Å². The smallest absolute Gasteiger partial charge is 0.212 e. The molecule has 0 aliphatic rings. The number of hydrogen-bond donors (Lipinski definition) is 1. The minimum Gasteiger partial charge on any atom is -0.325 e. The van der Waals surface area contributed by atoms with Crippen molar-refractivity contribution >= 4 is 11.6 Å². The van der Waals surface area contributed by atoms with Crippen LogP contribution in [0, 0.1) is 19.7 Å². The number of para-hydroxylation sites is 1. The van der Waals surface area contributed by atoms with Crippen LogP contribution < -0.4 is 5.32 Å². The summed E-state index contributed by atoms with van der Waals surface area (Å²) >= 11 is 0. The maximum Gasteiger partial charge on any atom is 0.212 e. The minimum atomic E-state index is -0.261. The second-order valence-electron chi connectivity index (χ2n) is 5.02. The maximum absolute atomic E-state index is 14.2. The number of rotatable bonds is 3. The van der Waals surface area contributed by atoms with Crippen molar-refractivity contribution in [3.63, 3.8) is 0 Å². The fraction of sp³-hybridized carbons (Fsp3) is 0.118. The van der Waals surface area contributed by atoms with Crippen molar-refractivity contribution in [1.29, 1.82) is 0 Å². The number of aromatic nitrogens is 2. The molecule has 21 heavy (non-hydrogen) atoms. The van der Waals surface area contributed by atoms with Gasteiger partial charge in [-0.05, 0) is 43.7 Å². The lowest BCUT2D eigenvalue weighted by molar-refractivity contribution is 0.617. The second-order valence-corrected chi connectivity index (χ2v) is 5.02. The molecule has 0 saturated heterocycles. The Labute approximate surface area is 123 Å². The molecule has 1 aromatic heterocycles. The van der Waals surface area contributed by atoms with Gasteiger partial charge in [0.05, 0.1) is 11.4 Å². The van der Waals surface area contributed by atoms with Crippen LogP contribution in [-0.2, 0) is 0 Å². The monoisotopic (exact) mass is 281 g/mol. The standard InChI is InChI=1S/C17H16FN3/c1-12-8-9-16(15(18)10-12)21-11-13(2)19-17(21)20-14-6-4-3-5-7-14/h3-11H,1-2H3,(H,19,20). The van der Waals surface area contributed by atoms with Crippen LogP contribution in [0.15, 0.2) is 54.7 Å². The number of hydrogen-bond acceptors (Lipinski definition) is 2. The van der Waals surface area contributed by atoms with E-state index in [9.17, 15) is 4.39 Å². The average molecular weight is 281 g/mol. The Morgan fingerprint density at radius 1 is 1.05 bits per heavy atom. The number of imidazole rings is 1. The van der Waals surface area contributed by atoms with Gasteiger partial charge in [0.2, 0.25) is 5.95 Å². The molecule has 0 bridgehead atoms. The fourth-order valence-corrected chi connectivity index (χ4v) is 2.23. The molecule has 0 saturated carbocycles. The molecule has 0 fully saturated rings. The van der Waals surface area contributed by atoms with Gasteiger partial charge in [0.1, 0.15) is 5.82 Å². The van der Waals surface area contributed by atoms with Gasteiger partial charge in [0.25, 0.3) is 0 Å². The molecule has 3 aromatic rings. The van der Waals surface area contributed by atoms with Crippen LogP contribution in [0.25, 0.3) is 5.69 Å². The normalized spacial score (nSPS) is 10.6. The third kappa shape index (κ3) is 2.79. The molecule has 3 nitrogen and oxygen atoms in total. The van der Waals surface area contributed by atoms with Gasteiger partial charge in [-0.2, -0.15) is 0 Å². The largest absolute Gasteiger partial charge is 0.325 e. The molecule has 0 spiro atoms. The predicted molar refractivity (Wildman–Crippen MR) is 82.7 cm³/mol. The van der Waals surface area contributed by atoms with Crippen LogP contribution in [0.3, 0.4) is 0 Å². The first-order valence-electron chi connectivity index (χ1n) is 6.78. The summed E-state index contributed by atoms with van der Waals surface area (Å²) in [5.74, 6) is 0.338. The third-order valence-electron chi connectivity index (χ3n) is 3.22. The number of nitrogens with one attached hydrogen (secondary N) is 1. The maximum atomic E-state index is 14.2. The summed E-state index contributed by atoms with van der Waals surface area (Å²) in [4.78, 5) is 4.43. The van der Waals surface area contributed by atoms with Crippen LogP contribution in [0.4, 0.5) is 16.0 Å². The van der Waals surface area contributed by atoms with Crippen LogP contribution in [-0.4, -0.2) is 9.55 Å². The van der Waals surface area contributed by atoms with Crippen LogP contribution in [0.1, 0.15) is 11.3 Å². The number of anilines is 2. The van der Waals surface area contributed by atoms with E-state index in [1.54, 1.807) is 10.6 Å². The molecular weight excluding hydrogens is 265 g/mol. The first-order valence-corrected chi connectivity index (χ1v) is 6.78. The Morgan fingerprint density at radius 3 is 2.52 bits per heavy atom. The van der Waals surface area contributed by atoms with Gasteiger partial charge in [0.15, 0.2) is 0 Å². The number of halogens is 1.